The summed E-state index contributed by atoms with van der Waals surface area (Å²) in [5.41, 5.74) is 9.63. The molecule has 0 bridgehead atoms. The molecule has 2 heteroatoms. The maximum Gasteiger partial charge on any atom is 0.0471 e. The summed E-state index contributed by atoms with van der Waals surface area (Å²) < 4.78 is 0. The highest BCUT2D eigenvalue weighted by Crippen LogP contribution is 2.41. The van der Waals surface area contributed by atoms with Gasteiger partial charge < -0.3 is 10.0 Å². The van der Waals surface area contributed by atoms with Crippen molar-refractivity contribution in [2.24, 2.45) is 0 Å². The Balaban J connectivity index is 2.31. The van der Waals surface area contributed by atoms with Crippen LogP contribution in [-0.4, -0.2) is 18.8 Å². The van der Waals surface area contributed by atoms with Gasteiger partial charge in [0.2, 0.25) is 0 Å². The van der Waals surface area contributed by atoms with Crippen LogP contribution < -0.4 is 4.90 Å². The van der Waals surface area contributed by atoms with Gasteiger partial charge in [-0.2, -0.15) is 0 Å². The predicted octanol–water partition coefficient (Wildman–Crippen LogP) is 5.57. The summed E-state index contributed by atoms with van der Waals surface area (Å²) in [5, 5.41) is 9.41. The number of nitrogens with zero attached hydrogens (tertiary/aromatic N) is 1. The summed E-state index contributed by atoms with van der Waals surface area (Å²) in [4.78, 5) is 2.36. The van der Waals surface area contributed by atoms with E-state index in [1.165, 1.54) is 46.4 Å². The first-order valence-corrected chi connectivity index (χ1v) is 9.95. The molecule has 1 aliphatic rings. The van der Waals surface area contributed by atoms with Gasteiger partial charge in [0.05, 0.1) is 0 Å². The van der Waals surface area contributed by atoms with Crippen LogP contribution in [0.3, 0.4) is 0 Å². The summed E-state index contributed by atoms with van der Waals surface area (Å²) in [6.07, 6.45) is 5.34. The van der Waals surface area contributed by atoms with Gasteiger partial charge in [-0.3, -0.25) is 0 Å². The van der Waals surface area contributed by atoms with Gasteiger partial charge in [0.15, 0.2) is 0 Å². The van der Waals surface area contributed by atoms with Crippen molar-refractivity contribution in [2.45, 2.75) is 52.5 Å². The molecule has 2 nitrogen and oxygen atoms in total. The van der Waals surface area contributed by atoms with E-state index in [0.717, 1.165) is 19.4 Å². The molecule has 0 atom stereocenters. The fraction of sp³-hybridized carbons (Fsp3) is 0.417. The van der Waals surface area contributed by atoms with Gasteiger partial charge in [0, 0.05) is 31.5 Å². The molecule has 0 spiro atoms. The zero-order valence-corrected chi connectivity index (χ0v) is 16.4. The van der Waals surface area contributed by atoms with Crippen LogP contribution >= 0.6 is 0 Å². The van der Waals surface area contributed by atoms with E-state index in [1.807, 2.05) is 0 Å². The summed E-state index contributed by atoms with van der Waals surface area (Å²) in [7, 11) is 2.18. The summed E-state index contributed by atoms with van der Waals surface area (Å²) >= 11 is 0. The highest BCUT2D eigenvalue weighted by atomic mass is 16.2. The van der Waals surface area contributed by atoms with Crippen molar-refractivity contribution in [2.75, 3.05) is 18.6 Å². The number of aliphatic hydroxyl groups is 1. The lowest BCUT2D eigenvalue weighted by Crippen LogP contribution is -2.16. The molecule has 0 amide bonds. The molecule has 3 rings (SSSR count). The topological polar surface area (TPSA) is 23.5 Å². The second kappa shape index (κ2) is 8.55. The Hall–Kier alpha value is -2.06. The Kier molecular flexibility index (Phi) is 6.16. The first kappa shape index (κ1) is 18.7. The molecule has 0 aliphatic carbocycles. The maximum atomic E-state index is 9.41. The van der Waals surface area contributed by atoms with E-state index >= 15 is 0 Å². The van der Waals surface area contributed by atoms with Crippen LogP contribution in [0.2, 0.25) is 0 Å². The van der Waals surface area contributed by atoms with Crippen LogP contribution in [0, 0.1) is 0 Å². The van der Waals surface area contributed by atoms with Crippen LogP contribution in [0.25, 0.3) is 5.57 Å². The lowest BCUT2D eigenvalue weighted by atomic mass is 9.86. The van der Waals surface area contributed by atoms with Crippen LogP contribution in [0.1, 0.15) is 61.8 Å². The van der Waals surface area contributed by atoms with Gasteiger partial charge >= 0.3 is 0 Å². The van der Waals surface area contributed by atoms with E-state index in [0.29, 0.717) is 6.42 Å². The molecule has 1 heterocycles. The molecule has 26 heavy (non-hydrogen) atoms. The Morgan fingerprint density at radius 3 is 2.42 bits per heavy atom. The van der Waals surface area contributed by atoms with Crippen molar-refractivity contribution < 1.29 is 5.11 Å². The lowest BCUT2D eigenvalue weighted by Gasteiger charge is -2.21. The third-order valence-electron chi connectivity index (χ3n) is 5.29. The van der Waals surface area contributed by atoms with E-state index in [1.54, 1.807) is 5.57 Å². The van der Waals surface area contributed by atoms with Gasteiger partial charge in [-0.1, -0.05) is 62.6 Å². The number of allylic oxidation sites excluding steroid dienone is 1. The molecule has 0 radical (unpaired) electrons. The van der Waals surface area contributed by atoms with E-state index in [4.69, 9.17) is 0 Å². The SMILES string of the molecule is CCCC(CCC)=C1c2ccccc2CN(C)c2ccc(CCO)cc21. The minimum Gasteiger partial charge on any atom is -0.396 e. The first-order chi connectivity index (χ1) is 12.7. The molecule has 138 valence electrons. The van der Waals surface area contributed by atoms with Crippen molar-refractivity contribution in [1.82, 2.24) is 0 Å². The van der Waals surface area contributed by atoms with E-state index < -0.39 is 0 Å². The zero-order chi connectivity index (χ0) is 18.5. The zero-order valence-electron chi connectivity index (χ0n) is 16.4. The monoisotopic (exact) mass is 349 g/mol. The van der Waals surface area contributed by atoms with Crippen molar-refractivity contribution in [3.8, 4) is 0 Å². The third kappa shape index (κ3) is 3.71. The van der Waals surface area contributed by atoms with Crippen molar-refractivity contribution in [1.29, 1.82) is 0 Å². The normalized spacial score (nSPS) is 13.2. The van der Waals surface area contributed by atoms with Gasteiger partial charge in [-0.15, -0.1) is 0 Å². The number of hydrogen-bond donors (Lipinski definition) is 1. The standard InChI is InChI=1S/C24H31NO/c1-4-8-19(9-5-2)24-21-11-7-6-10-20(21)17-25(3)23-13-12-18(14-15-26)16-22(23)24/h6-7,10-13,16,26H,4-5,8-9,14-15,17H2,1-3H3. The minimum atomic E-state index is 0.195. The molecule has 2 aromatic carbocycles. The fourth-order valence-electron chi connectivity index (χ4n) is 4.15. The second-order valence-electron chi connectivity index (χ2n) is 7.32. The molecule has 2 aromatic rings. The predicted molar refractivity (Wildman–Crippen MR) is 112 cm³/mol. The Morgan fingerprint density at radius 1 is 1.00 bits per heavy atom. The molecule has 1 aliphatic heterocycles. The smallest absolute Gasteiger partial charge is 0.0471 e. The summed E-state index contributed by atoms with van der Waals surface area (Å²) in [6.45, 7) is 5.67. The molecule has 0 unspecified atom stereocenters. The summed E-state index contributed by atoms with van der Waals surface area (Å²) in [5.74, 6) is 0. The van der Waals surface area contributed by atoms with Gasteiger partial charge in [-0.25, -0.2) is 0 Å². The van der Waals surface area contributed by atoms with Crippen LogP contribution in [0.5, 0.6) is 0 Å². The fourth-order valence-corrected chi connectivity index (χ4v) is 4.15. The van der Waals surface area contributed by atoms with E-state index in [-0.39, 0.29) is 6.61 Å². The molecular formula is C24H31NO. The van der Waals surface area contributed by atoms with Crippen molar-refractivity contribution in [3.05, 3.63) is 70.3 Å². The third-order valence-corrected chi connectivity index (χ3v) is 5.29. The van der Waals surface area contributed by atoms with E-state index in [2.05, 4.69) is 68.3 Å². The largest absolute Gasteiger partial charge is 0.396 e. The Morgan fingerprint density at radius 2 is 1.73 bits per heavy atom. The van der Waals surface area contributed by atoms with E-state index in [9.17, 15) is 5.11 Å². The van der Waals surface area contributed by atoms with Crippen LogP contribution in [0.4, 0.5) is 5.69 Å². The van der Waals surface area contributed by atoms with Crippen molar-refractivity contribution in [3.63, 3.8) is 0 Å². The molecule has 0 saturated heterocycles. The van der Waals surface area contributed by atoms with Gasteiger partial charge in [-0.05, 0) is 53.7 Å². The number of rotatable bonds is 6. The molecule has 0 saturated carbocycles. The molecular weight excluding hydrogens is 318 g/mol. The van der Waals surface area contributed by atoms with Crippen LogP contribution in [0.15, 0.2) is 48.0 Å². The first-order valence-electron chi connectivity index (χ1n) is 9.95. The lowest BCUT2D eigenvalue weighted by molar-refractivity contribution is 0.299. The molecule has 1 N–H and O–H groups in total. The summed E-state index contributed by atoms with van der Waals surface area (Å²) in [6, 6.07) is 15.6. The average Bonchev–Trinajstić information content (AvgIpc) is 2.75. The maximum absolute atomic E-state index is 9.41. The number of benzene rings is 2. The Bertz CT molecular complexity index is 783. The van der Waals surface area contributed by atoms with Gasteiger partial charge in [0.25, 0.3) is 0 Å². The highest BCUT2D eigenvalue weighted by molar-refractivity contribution is 5.91. The van der Waals surface area contributed by atoms with Gasteiger partial charge in [0.1, 0.15) is 0 Å². The number of anilines is 1. The van der Waals surface area contributed by atoms with Crippen LogP contribution in [-0.2, 0) is 13.0 Å². The quantitative estimate of drug-likeness (QED) is 0.736. The van der Waals surface area contributed by atoms with Crippen molar-refractivity contribution >= 4 is 11.3 Å². The molecule has 0 fully saturated rings. The number of fused-ring (bicyclic) bond motifs is 2. The average molecular weight is 350 g/mol. The second-order valence-corrected chi connectivity index (χ2v) is 7.32. The minimum absolute atomic E-state index is 0.195. The number of hydrogen-bond acceptors (Lipinski definition) is 2. The Labute approximate surface area is 158 Å². The number of aliphatic hydroxyl groups excluding tert-OH is 1. The molecule has 0 aromatic heterocycles. The highest BCUT2D eigenvalue weighted by Gasteiger charge is 2.23.